The monoisotopic (exact) mass is 288 g/mol. The molecule has 0 heterocycles. The summed E-state index contributed by atoms with van der Waals surface area (Å²) >= 11 is 0. The molecule has 7 heteroatoms. The molecule has 0 saturated heterocycles. The van der Waals surface area contributed by atoms with E-state index in [4.69, 9.17) is 4.74 Å². The lowest BCUT2D eigenvalue weighted by Crippen LogP contribution is -2.39. The third-order valence-corrected chi connectivity index (χ3v) is 4.07. The Balaban J connectivity index is 3.29. The molecule has 0 amide bonds. The minimum atomic E-state index is -5.05. The molecule has 0 bridgehead atoms. The van der Waals surface area contributed by atoms with Gasteiger partial charge < -0.3 is 19.6 Å². The number of benzene rings is 1. The van der Waals surface area contributed by atoms with E-state index in [-0.39, 0.29) is 12.2 Å². The van der Waals surface area contributed by atoms with Crippen molar-refractivity contribution in [3.8, 4) is 0 Å². The summed E-state index contributed by atoms with van der Waals surface area (Å²) in [7, 11) is -5.05. The van der Waals surface area contributed by atoms with Gasteiger partial charge >= 0.3 is 13.6 Å². The Hall–Kier alpha value is -1.20. The van der Waals surface area contributed by atoms with Gasteiger partial charge in [0.05, 0.1) is 0 Å². The summed E-state index contributed by atoms with van der Waals surface area (Å²) in [6.07, 6.45) is 1.24. The van der Waals surface area contributed by atoms with Crippen molar-refractivity contribution in [3.63, 3.8) is 0 Å². The topological polar surface area (TPSA) is 104 Å². The number of hydrogen-bond acceptors (Lipinski definition) is 3. The van der Waals surface area contributed by atoms with Gasteiger partial charge in [-0.1, -0.05) is 43.7 Å². The Labute approximate surface area is 111 Å². The normalized spacial score (nSPS) is 14.9. The van der Waals surface area contributed by atoms with Gasteiger partial charge in [-0.2, -0.15) is 0 Å². The van der Waals surface area contributed by atoms with Crippen molar-refractivity contribution in [1.82, 2.24) is 0 Å². The number of carboxylic acid groups (broad SMARTS) is 1. The van der Waals surface area contributed by atoms with Crippen LogP contribution in [0.15, 0.2) is 30.3 Å². The van der Waals surface area contributed by atoms with E-state index in [1.807, 2.05) is 6.92 Å². The number of ether oxygens (including phenoxy) is 1. The summed E-state index contributed by atoms with van der Waals surface area (Å²) in [4.78, 5) is 30.4. The van der Waals surface area contributed by atoms with Gasteiger partial charge in [-0.15, -0.1) is 0 Å². The standard InChI is InChI=1S/C12H17O6P/c1-2-3-9-18-12(11(13)14,19(15,16)17)10-7-5-4-6-8-10/h4-8H,2-3,9H2,1H3,(H,13,14)(H2,15,16,17). The highest BCUT2D eigenvalue weighted by atomic mass is 31.2. The SMILES string of the molecule is CCCCOC(C(=O)O)(c1ccccc1)P(=O)(O)O. The van der Waals surface area contributed by atoms with E-state index in [2.05, 4.69) is 0 Å². The zero-order valence-electron chi connectivity index (χ0n) is 10.5. The predicted molar refractivity (Wildman–Crippen MR) is 68.7 cm³/mol. The summed E-state index contributed by atoms with van der Waals surface area (Å²) in [6.45, 7) is 1.83. The zero-order valence-corrected chi connectivity index (χ0v) is 11.4. The molecule has 6 nitrogen and oxygen atoms in total. The van der Waals surface area contributed by atoms with Crippen molar-refractivity contribution in [3.05, 3.63) is 35.9 Å². The molecule has 1 rings (SSSR count). The van der Waals surface area contributed by atoms with Crippen LogP contribution >= 0.6 is 7.60 Å². The van der Waals surface area contributed by atoms with Crippen LogP contribution in [0.3, 0.4) is 0 Å². The van der Waals surface area contributed by atoms with E-state index in [1.54, 1.807) is 6.07 Å². The highest BCUT2D eigenvalue weighted by Gasteiger charge is 2.57. The molecule has 0 saturated carbocycles. The molecule has 1 aromatic rings. The molecule has 0 radical (unpaired) electrons. The lowest BCUT2D eigenvalue weighted by Gasteiger charge is -2.30. The van der Waals surface area contributed by atoms with Gasteiger partial charge in [-0.3, -0.25) is 4.57 Å². The molecular formula is C12H17O6P. The lowest BCUT2D eigenvalue weighted by atomic mass is 10.1. The van der Waals surface area contributed by atoms with E-state index in [0.29, 0.717) is 6.42 Å². The molecule has 0 spiro atoms. The van der Waals surface area contributed by atoms with Crippen LogP contribution in [0.1, 0.15) is 25.3 Å². The fourth-order valence-corrected chi connectivity index (χ4v) is 2.67. The fourth-order valence-electron chi connectivity index (χ4n) is 1.67. The lowest BCUT2D eigenvalue weighted by molar-refractivity contribution is -0.158. The Morgan fingerprint density at radius 2 is 1.89 bits per heavy atom. The molecular weight excluding hydrogens is 271 g/mol. The van der Waals surface area contributed by atoms with Crippen molar-refractivity contribution < 1.29 is 29.0 Å². The van der Waals surface area contributed by atoms with Crippen LogP contribution < -0.4 is 0 Å². The predicted octanol–water partition coefficient (Wildman–Crippen LogP) is 1.92. The average Bonchev–Trinajstić information content (AvgIpc) is 2.34. The fraction of sp³-hybridized carbons (Fsp3) is 0.417. The van der Waals surface area contributed by atoms with E-state index < -0.39 is 18.9 Å². The summed E-state index contributed by atoms with van der Waals surface area (Å²) in [5.74, 6) is -1.69. The van der Waals surface area contributed by atoms with Gasteiger partial charge in [0.2, 0.25) is 0 Å². The van der Waals surface area contributed by atoms with Crippen LogP contribution in [0.2, 0.25) is 0 Å². The molecule has 1 atom stereocenters. The second-order valence-electron chi connectivity index (χ2n) is 4.06. The molecule has 1 aromatic carbocycles. The largest absolute Gasteiger partial charge is 0.478 e. The van der Waals surface area contributed by atoms with E-state index >= 15 is 0 Å². The molecule has 0 aliphatic rings. The first kappa shape index (κ1) is 15.9. The summed E-state index contributed by atoms with van der Waals surface area (Å²) < 4.78 is 16.8. The minimum Gasteiger partial charge on any atom is -0.478 e. The van der Waals surface area contributed by atoms with E-state index in [0.717, 1.165) is 6.42 Å². The number of aliphatic carboxylic acids is 1. The van der Waals surface area contributed by atoms with Crippen molar-refractivity contribution in [1.29, 1.82) is 0 Å². The van der Waals surface area contributed by atoms with Crippen LogP contribution in [-0.4, -0.2) is 27.5 Å². The Bertz CT molecular complexity index is 468. The van der Waals surface area contributed by atoms with Crippen molar-refractivity contribution in [2.45, 2.75) is 25.1 Å². The second-order valence-corrected chi connectivity index (χ2v) is 5.78. The van der Waals surface area contributed by atoms with Gasteiger partial charge in [0.25, 0.3) is 5.34 Å². The first-order valence-electron chi connectivity index (χ1n) is 5.84. The summed E-state index contributed by atoms with van der Waals surface area (Å²) in [5.41, 5.74) is -0.0630. The molecule has 0 aliphatic heterocycles. The number of unbranched alkanes of at least 4 members (excludes halogenated alkanes) is 1. The summed E-state index contributed by atoms with van der Waals surface area (Å²) in [5, 5.41) is 6.66. The van der Waals surface area contributed by atoms with Crippen LogP contribution in [0.5, 0.6) is 0 Å². The molecule has 0 aromatic heterocycles. The first-order chi connectivity index (χ1) is 8.86. The van der Waals surface area contributed by atoms with Crippen molar-refractivity contribution in [2.24, 2.45) is 0 Å². The zero-order chi connectivity index (χ0) is 14.5. The first-order valence-corrected chi connectivity index (χ1v) is 7.46. The number of hydrogen-bond donors (Lipinski definition) is 3. The number of carboxylic acids is 1. The Kier molecular flexibility index (Phi) is 5.26. The Morgan fingerprint density at radius 3 is 2.32 bits per heavy atom. The smallest absolute Gasteiger partial charge is 0.373 e. The number of carbonyl (C=O) groups is 1. The maximum atomic E-state index is 11.7. The van der Waals surface area contributed by atoms with Gasteiger partial charge in [0.15, 0.2) is 0 Å². The Morgan fingerprint density at radius 1 is 1.32 bits per heavy atom. The van der Waals surface area contributed by atoms with Crippen LogP contribution in [0.25, 0.3) is 0 Å². The van der Waals surface area contributed by atoms with Gasteiger partial charge in [-0.05, 0) is 6.42 Å². The quantitative estimate of drug-likeness (QED) is 0.523. The van der Waals surface area contributed by atoms with Crippen LogP contribution in [0.4, 0.5) is 0 Å². The van der Waals surface area contributed by atoms with Crippen molar-refractivity contribution >= 4 is 13.6 Å². The molecule has 3 N–H and O–H groups in total. The number of rotatable bonds is 7. The van der Waals surface area contributed by atoms with Gasteiger partial charge in [0, 0.05) is 12.2 Å². The second kappa shape index (κ2) is 6.30. The molecule has 0 aliphatic carbocycles. The third-order valence-electron chi connectivity index (χ3n) is 2.67. The molecule has 1 unspecified atom stereocenters. The molecule has 19 heavy (non-hydrogen) atoms. The molecule has 0 fully saturated rings. The highest BCUT2D eigenvalue weighted by Crippen LogP contribution is 2.58. The summed E-state index contributed by atoms with van der Waals surface area (Å²) in [6, 6.07) is 7.30. The van der Waals surface area contributed by atoms with E-state index in [1.165, 1.54) is 24.3 Å². The maximum absolute atomic E-state index is 11.7. The third kappa shape index (κ3) is 3.22. The minimum absolute atomic E-state index is 0.0389. The van der Waals surface area contributed by atoms with Crippen LogP contribution in [0, 0.1) is 0 Å². The van der Waals surface area contributed by atoms with Gasteiger partial charge in [0.1, 0.15) is 0 Å². The van der Waals surface area contributed by atoms with E-state index in [9.17, 15) is 24.3 Å². The maximum Gasteiger partial charge on any atom is 0.373 e. The van der Waals surface area contributed by atoms with Crippen molar-refractivity contribution in [2.75, 3.05) is 6.61 Å². The van der Waals surface area contributed by atoms with Crippen LogP contribution in [-0.2, 0) is 19.4 Å². The molecule has 106 valence electrons. The average molecular weight is 288 g/mol. The van der Waals surface area contributed by atoms with Gasteiger partial charge in [-0.25, -0.2) is 4.79 Å². The highest BCUT2D eigenvalue weighted by molar-refractivity contribution is 7.54.